The van der Waals surface area contributed by atoms with Crippen LogP contribution in [-0.2, 0) is 0 Å². The van der Waals surface area contributed by atoms with Gasteiger partial charge in [-0.05, 0) is 39.1 Å². The maximum atomic E-state index is 4.55. The van der Waals surface area contributed by atoms with Crippen LogP contribution in [0.3, 0.4) is 0 Å². The molecule has 1 aromatic heterocycles. The van der Waals surface area contributed by atoms with Gasteiger partial charge in [-0.25, -0.2) is 0 Å². The van der Waals surface area contributed by atoms with E-state index in [0.717, 1.165) is 33.3 Å². The van der Waals surface area contributed by atoms with Crippen LogP contribution in [0.1, 0.15) is 38.1 Å². The lowest BCUT2D eigenvalue weighted by Gasteiger charge is -2.25. The molecule has 0 amide bonds. The lowest BCUT2D eigenvalue weighted by atomic mass is 9.95. The Hall–Kier alpha value is -0.850. The minimum Gasteiger partial charge on any atom is -0.309 e. The molecule has 2 aromatic rings. The first-order chi connectivity index (χ1) is 11.6. The van der Waals surface area contributed by atoms with Crippen molar-refractivity contribution >= 4 is 27.7 Å². The highest BCUT2D eigenvalue weighted by molar-refractivity contribution is 9.10. The highest BCUT2D eigenvalue weighted by atomic mass is 79.9. The van der Waals surface area contributed by atoms with Gasteiger partial charge in [0.2, 0.25) is 0 Å². The Morgan fingerprint density at radius 1 is 1.12 bits per heavy atom. The molecule has 0 atom stereocenters. The Morgan fingerprint density at radius 2 is 1.83 bits per heavy atom. The van der Waals surface area contributed by atoms with Gasteiger partial charge in [-0.3, -0.25) is 4.57 Å². The number of benzene rings is 1. The SMILES string of the molecule is CN(C)CCSc1nnc(-c2ccc(Br)cc2)n1C1CCCCC1. The normalized spacial score (nSPS) is 16.0. The Labute approximate surface area is 157 Å². The smallest absolute Gasteiger partial charge is 0.191 e. The average Bonchev–Trinajstić information content (AvgIpc) is 3.00. The number of halogens is 1. The highest BCUT2D eigenvalue weighted by Gasteiger charge is 2.23. The second-order valence-electron chi connectivity index (χ2n) is 6.63. The molecule has 1 fully saturated rings. The van der Waals surface area contributed by atoms with E-state index in [1.54, 1.807) is 0 Å². The summed E-state index contributed by atoms with van der Waals surface area (Å²) in [5.74, 6) is 2.06. The van der Waals surface area contributed by atoms with Crippen molar-refractivity contribution in [2.75, 3.05) is 26.4 Å². The molecule has 1 aromatic carbocycles. The molecule has 0 N–H and O–H groups in total. The van der Waals surface area contributed by atoms with E-state index in [-0.39, 0.29) is 0 Å². The molecule has 1 heterocycles. The van der Waals surface area contributed by atoms with Gasteiger partial charge in [-0.1, -0.05) is 59.1 Å². The monoisotopic (exact) mass is 408 g/mol. The van der Waals surface area contributed by atoms with E-state index in [0.29, 0.717) is 6.04 Å². The molecule has 1 saturated carbocycles. The number of aromatic nitrogens is 3. The summed E-state index contributed by atoms with van der Waals surface area (Å²) >= 11 is 5.34. The van der Waals surface area contributed by atoms with Crippen LogP contribution in [-0.4, -0.2) is 46.1 Å². The maximum absolute atomic E-state index is 4.55. The van der Waals surface area contributed by atoms with Crippen LogP contribution >= 0.6 is 27.7 Å². The average molecular weight is 409 g/mol. The maximum Gasteiger partial charge on any atom is 0.191 e. The van der Waals surface area contributed by atoms with Crippen molar-refractivity contribution in [3.8, 4) is 11.4 Å². The molecule has 0 bridgehead atoms. The van der Waals surface area contributed by atoms with Crippen molar-refractivity contribution < 1.29 is 0 Å². The molecule has 0 unspecified atom stereocenters. The molecule has 0 saturated heterocycles. The van der Waals surface area contributed by atoms with Crippen LogP contribution in [0.4, 0.5) is 0 Å². The fourth-order valence-electron chi connectivity index (χ4n) is 3.16. The number of nitrogens with zero attached hydrogens (tertiary/aromatic N) is 4. The van der Waals surface area contributed by atoms with E-state index in [9.17, 15) is 0 Å². The predicted octanol–water partition coefficient (Wildman–Crippen LogP) is 4.87. The molecule has 1 aliphatic rings. The zero-order chi connectivity index (χ0) is 16.9. The van der Waals surface area contributed by atoms with Crippen LogP contribution < -0.4 is 0 Å². The van der Waals surface area contributed by atoms with Crippen LogP contribution in [0.5, 0.6) is 0 Å². The van der Waals surface area contributed by atoms with Gasteiger partial charge in [0.25, 0.3) is 0 Å². The third-order valence-electron chi connectivity index (χ3n) is 4.48. The zero-order valence-corrected chi connectivity index (χ0v) is 16.8. The van der Waals surface area contributed by atoms with Crippen molar-refractivity contribution in [1.29, 1.82) is 0 Å². The first kappa shape index (κ1) is 18.0. The number of thioether (sulfide) groups is 1. The van der Waals surface area contributed by atoms with E-state index in [4.69, 9.17) is 0 Å². The molecule has 24 heavy (non-hydrogen) atoms. The summed E-state index contributed by atoms with van der Waals surface area (Å²) in [5.41, 5.74) is 1.15. The first-order valence-corrected chi connectivity index (χ1v) is 10.4. The lowest BCUT2D eigenvalue weighted by molar-refractivity contribution is 0.339. The van der Waals surface area contributed by atoms with Gasteiger partial charge >= 0.3 is 0 Å². The highest BCUT2D eigenvalue weighted by Crippen LogP contribution is 2.35. The van der Waals surface area contributed by atoms with Crippen LogP contribution in [0.2, 0.25) is 0 Å². The fourth-order valence-corrected chi connectivity index (χ4v) is 4.54. The summed E-state index contributed by atoms with van der Waals surface area (Å²) in [5, 5.41) is 10.2. The summed E-state index contributed by atoms with van der Waals surface area (Å²) < 4.78 is 3.50. The second kappa shape index (κ2) is 8.50. The number of hydrogen-bond donors (Lipinski definition) is 0. The van der Waals surface area contributed by atoms with Crippen molar-refractivity contribution in [2.24, 2.45) is 0 Å². The van der Waals surface area contributed by atoms with Gasteiger partial charge in [-0.2, -0.15) is 0 Å². The molecule has 0 spiro atoms. The molecular formula is C18H25BrN4S. The molecule has 0 aliphatic heterocycles. The third kappa shape index (κ3) is 4.41. The minimum absolute atomic E-state index is 0.536. The number of rotatable bonds is 6. The third-order valence-corrected chi connectivity index (χ3v) is 5.93. The summed E-state index contributed by atoms with van der Waals surface area (Å²) in [7, 11) is 4.22. The largest absolute Gasteiger partial charge is 0.309 e. The second-order valence-corrected chi connectivity index (χ2v) is 8.60. The quantitative estimate of drug-likeness (QED) is 0.638. The summed E-state index contributed by atoms with van der Waals surface area (Å²) in [6.07, 6.45) is 6.45. The topological polar surface area (TPSA) is 34.0 Å². The van der Waals surface area contributed by atoms with E-state index >= 15 is 0 Å². The van der Waals surface area contributed by atoms with Crippen molar-refractivity contribution in [3.63, 3.8) is 0 Å². The predicted molar refractivity (Wildman–Crippen MR) is 105 cm³/mol. The van der Waals surface area contributed by atoms with E-state index < -0.39 is 0 Å². The molecule has 130 valence electrons. The van der Waals surface area contributed by atoms with Crippen molar-refractivity contribution in [3.05, 3.63) is 28.7 Å². The van der Waals surface area contributed by atoms with Crippen LogP contribution in [0.25, 0.3) is 11.4 Å². The van der Waals surface area contributed by atoms with E-state index in [1.807, 2.05) is 11.8 Å². The first-order valence-electron chi connectivity index (χ1n) is 8.63. The lowest BCUT2D eigenvalue weighted by Crippen LogP contribution is -2.17. The van der Waals surface area contributed by atoms with Crippen LogP contribution in [0, 0.1) is 0 Å². The Morgan fingerprint density at radius 3 is 2.50 bits per heavy atom. The van der Waals surface area contributed by atoms with Gasteiger partial charge in [-0.15, -0.1) is 10.2 Å². The molecule has 6 heteroatoms. The minimum atomic E-state index is 0.536. The van der Waals surface area contributed by atoms with Gasteiger partial charge < -0.3 is 4.90 Å². The Kier molecular flexibility index (Phi) is 6.36. The standard InChI is InChI=1S/C18H25BrN4S/c1-22(2)12-13-24-18-21-20-17(14-8-10-15(19)11-9-14)23(18)16-6-4-3-5-7-16/h8-11,16H,3-7,12-13H2,1-2H3. The molecule has 4 nitrogen and oxygen atoms in total. The summed E-state index contributed by atoms with van der Waals surface area (Å²) in [6.45, 7) is 1.05. The Bertz CT molecular complexity index is 648. The van der Waals surface area contributed by atoms with Crippen molar-refractivity contribution in [1.82, 2.24) is 19.7 Å². The van der Waals surface area contributed by atoms with Crippen molar-refractivity contribution in [2.45, 2.75) is 43.3 Å². The van der Waals surface area contributed by atoms with Gasteiger partial charge in [0.1, 0.15) is 0 Å². The Balaban J connectivity index is 1.89. The summed E-state index contributed by atoms with van der Waals surface area (Å²) in [6, 6.07) is 8.94. The molecule has 3 rings (SSSR count). The zero-order valence-electron chi connectivity index (χ0n) is 14.4. The van der Waals surface area contributed by atoms with Gasteiger partial charge in [0.15, 0.2) is 11.0 Å². The fraction of sp³-hybridized carbons (Fsp3) is 0.556. The molecule has 0 radical (unpaired) electrons. The summed E-state index contributed by atoms with van der Waals surface area (Å²) in [4.78, 5) is 2.21. The molecular weight excluding hydrogens is 384 g/mol. The van der Waals surface area contributed by atoms with Crippen LogP contribution in [0.15, 0.2) is 33.9 Å². The molecule has 1 aliphatic carbocycles. The number of hydrogen-bond acceptors (Lipinski definition) is 4. The van der Waals surface area contributed by atoms with E-state index in [1.165, 1.54) is 32.1 Å². The van der Waals surface area contributed by atoms with Gasteiger partial charge in [0, 0.05) is 28.4 Å². The van der Waals surface area contributed by atoms with E-state index in [2.05, 4.69) is 74.0 Å². The van der Waals surface area contributed by atoms with Gasteiger partial charge in [0.05, 0.1) is 0 Å².